The fourth-order valence-corrected chi connectivity index (χ4v) is 1.36. The molecule has 5 nitrogen and oxygen atoms in total. The van der Waals surface area contributed by atoms with Crippen molar-refractivity contribution in [3.8, 4) is 0 Å². The molecule has 140 valence electrons. The van der Waals surface area contributed by atoms with Crippen molar-refractivity contribution in [2.75, 3.05) is 13.2 Å². The number of amides is 1. The van der Waals surface area contributed by atoms with Crippen LogP contribution in [0.1, 0.15) is 33.6 Å². The van der Waals surface area contributed by atoms with Crippen molar-refractivity contribution in [2.45, 2.75) is 51.5 Å². The summed E-state index contributed by atoms with van der Waals surface area (Å²) in [4.78, 5) is 23.4. The number of halogens is 5. The molecule has 0 aliphatic rings. The van der Waals surface area contributed by atoms with Crippen LogP contribution in [0.4, 0.5) is 22.0 Å². The zero-order chi connectivity index (χ0) is 19.2. The first-order valence-corrected chi connectivity index (χ1v) is 7.02. The number of esters is 1. The highest BCUT2D eigenvalue weighted by Gasteiger charge is 2.66. The van der Waals surface area contributed by atoms with Crippen LogP contribution < -0.4 is 5.32 Å². The maximum atomic E-state index is 13.4. The van der Waals surface area contributed by atoms with Crippen molar-refractivity contribution in [3.05, 3.63) is 12.2 Å². The summed E-state index contributed by atoms with van der Waals surface area (Å²) >= 11 is 0. The van der Waals surface area contributed by atoms with Gasteiger partial charge in [-0.15, -0.1) is 0 Å². The first-order chi connectivity index (χ1) is 10.8. The van der Waals surface area contributed by atoms with E-state index in [9.17, 15) is 31.5 Å². The standard InChI is InChI=1S/C14H20F5NO4/c1-5-7-20-11(22)13(14(17,18)19,24-10(21)9(2)3)23-8-6-12(4,15)16/h2,5-8H2,1,3-4H3,(H,20,22). The summed E-state index contributed by atoms with van der Waals surface area (Å²) < 4.78 is 74.4. The average molecular weight is 361 g/mol. The Morgan fingerprint density at radius 3 is 2.08 bits per heavy atom. The third-order valence-electron chi connectivity index (χ3n) is 2.64. The molecular weight excluding hydrogens is 341 g/mol. The number of ether oxygens (including phenoxy) is 2. The molecule has 0 bridgehead atoms. The lowest BCUT2D eigenvalue weighted by Gasteiger charge is -2.33. The van der Waals surface area contributed by atoms with E-state index in [-0.39, 0.29) is 6.54 Å². The van der Waals surface area contributed by atoms with Gasteiger partial charge in [-0.3, -0.25) is 4.79 Å². The van der Waals surface area contributed by atoms with Crippen LogP contribution in [0, 0.1) is 0 Å². The summed E-state index contributed by atoms with van der Waals surface area (Å²) in [6, 6.07) is 0. The number of alkyl halides is 5. The van der Waals surface area contributed by atoms with E-state index >= 15 is 0 Å². The highest BCUT2D eigenvalue weighted by Crippen LogP contribution is 2.36. The molecule has 0 spiro atoms. The Balaban J connectivity index is 5.63. The molecule has 0 aromatic carbocycles. The quantitative estimate of drug-likeness (QED) is 0.297. The molecule has 0 aromatic heterocycles. The van der Waals surface area contributed by atoms with E-state index in [1.54, 1.807) is 6.92 Å². The summed E-state index contributed by atoms with van der Waals surface area (Å²) in [6.45, 7) is 4.91. The van der Waals surface area contributed by atoms with E-state index in [0.717, 1.165) is 6.92 Å². The normalized spacial score (nSPS) is 14.7. The lowest BCUT2D eigenvalue weighted by molar-refractivity contribution is -0.348. The van der Waals surface area contributed by atoms with Crippen molar-refractivity contribution in [1.29, 1.82) is 0 Å². The minimum Gasteiger partial charge on any atom is -0.412 e. The maximum Gasteiger partial charge on any atom is 0.466 e. The van der Waals surface area contributed by atoms with E-state index in [0.29, 0.717) is 13.3 Å². The molecule has 0 rings (SSSR count). The van der Waals surface area contributed by atoms with Gasteiger partial charge >= 0.3 is 23.8 Å². The van der Waals surface area contributed by atoms with Gasteiger partial charge in [-0.2, -0.15) is 13.2 Å². The molecule has 0 saturated carbocycles. The van der Waals surface area contributed by atoms with Gasteiger partial charge in [0.1, 0.15) is 0 Å². The van der Waals surface area contributed by atoms with E-state index in [1.165, 1.54) is 0 Å². The zero-order valence-electron chi connectivity index (χ0n) is 13.6. The molecule has 0 aliphatic carbocycles. The van der Waals surface area contributed by atoms with Crippen molar-refractivity contribution < 1.29 is 41.0 Å². The summed E-state index contributed by atoms with van der Waals surface area (Å²) in [6.07, 6.45) is -6.30. The predicted octanol–water partition coefficient (Wildman–Crippen LogP) is 2.95. The van der Waals surface area contributed by atoms with Crippen LogP contribution >= 0.6 is 0 Å². The van der Waals surface area contributed by atoms with Crippen LogP contribution in [0.3, 0.4) is 0 Å². The number of hydrogen-bond donors (Lipinski definition) is 1. The molecule has 0 radical (unpaired) electrons. The molecule has 0 fully saturated rings. The van der Waals surface area contributed by atoms with E-state index < -0.39 is 48.4 Å². The van der Waals surface area contributed by atoms with Gasteiger partial charge in [0.25, 0.3) is 0 Å². The largest absolute Gasteiger partial charge is 0.466 e. The second kappa shape index (κ2) is 8.41. The molecule has 0 heterocycles. The lowest BCUT2D eigenvalue weighted by Crippen LogP contribution is -2.61. The van der Waals surface area contributed by atoms with Gasteiger partial charge < -0.3 is 14.8 Å². The van der Waals surface area contributed by atoms with Gasteiger partial charge in [-0.25, -0.2) is 13.6 Å². The van der Waals surface area contributed by atoms with Gasteiger partial charge in [0, 0.05) is 18.5 Å². The van der Waals surface area contributed by atoms with Gasteiger partial charge in [0.15, 0.2) is 0 Å². The van der Waals surface area contributed by atoms with Crippen LogP contribution in [0.5, 0.6) is 0 Å². The highest BCUT2D eigenvalue weighted by atomic mass is 19.4. The fraction of sp³-hybridized carbons (Fsp3) is 0.714. The Morgan fingerprint density at radius 1 is 1.17 bits per heavy atom. The molecule has 1 N–H and O–H groups in total. The summed E-state index contributed by atoms with van der Waals surface area (Å²) in [7, 11) is 0. The van der Waals surface area contributed by atoms with E-state index in [4.69, 9.17) is 0 Å². The van der Waals surface area contributed by atoms with Crippen LogP contribution in [0.25, 0.3) is 0 Å². The summed E-state index contributed by atoms with van der Waals surface area (Å²) in [5.74, 6) is -10.7. The summed E-state index contributed by atoms with van der Waals surface area (Å²) in [5.41, 5.74) is -0.420. The Bertz CT molecular complexity index is 473. The third-order valence-corrected chi connectivity index (χ3v) is 2.64. The Hall–Kier alpha value is -1.71. The smallest absolute Gasteiger partial charge is 0.412 e. The number of carbonyl (C=O) groups excluding carboxylic acids is 2. The molecule has 1 unspecified atom stereocenters. The fourth-order valence-electron chi connectivity index (χ4n) is 1.36. The summed E-state index contributed by atoms with van der Waals surface area (Å²) in [5, 5.41) is 1.89. The minimum absolute atomic E-state index is 0.158. The van der Waals surface area contributed by atoms with Crippen LogP contribution in [0.2, 0.25) is 0 Å². The molecule has 10 heteroatoms. The second-order valence-electron chi connectivity index (χ2n) is 5.21. The lowest BCUT2D eigenvalue weighted by atomic mass is 10.2. The molecule has 24 heavy (non-hydrogen) atoms. The monoisotopic (exact) mass is 361 g/mol. The number of carbonyl (C=O) groups is 2. The van der Waals surface area contributed by atoms with Crippen LogP contribution in [-0.2, 0) is 19.1 Å². The predicted molar refractivity (Wildman–Crippen MR) is 74.2 cm³/mol. The Labute approximate surface area is 136 Å². The number of hydrogen-bond acceptors (Lipinski definition) is 4. The molecule has 1 atom stereocenters. The van der Waals surface area contributed by atoms with E-state index in [1.807, 2.05) is 5.32 Å². The van der Waals surface area contributed by atoms with Crippen molar-refractivity contribution in [2.24, 2.45) is 0 Å². The zero-order valence-corrected chi connectivity index (χ0v) is 13.6. The molecule has 0 aromatic rings. The van der Waals surface area contributed by atoms with Crippen LogP contribution in [0.15, 0.2) is 12.2 Å². The van der Waals surface area contributed by atoms with Gasteiger partial charge in [-0.05, 0) is 20.3 Å². The maximum absolute atomic E-state index is 13.4. The first-order valence-electron chi connectivity index (χ1n) is 7.02. The Morgan fingerprint density at radius 2 is 1.71 bits per heavy atom. The molecular formula is C14H20F5NO4. The minimum atomic E-state index is -5.49. The van der Waals surface area contributed by atoms with Crippen molar-refractivity contribution >= 4 is 11.9 Å². The van der Waals surface area contributed by atoms with Gasteiger partial charge in [-0.1, -0.05) is 13.5 Å². The topological polar surface area (TPSA) is 64.6 Å². The van der Waals surface area contributed by atoms with Crippen molar-refractivity contribution in [3.63, 3.8) is 0 Å². The first kappa shape index (κ1) is 22.3. The average Bonchev–Trinajstić information content (AvgIpc) is 2.40. The van der Waals surface area contributed by atoms with Crippen molar-refractivity contribution in [1.82, 2.24) is 5.32 Å². The molecule has 0 saturated heterocycles. The highest BCUT2D eigenvalue weighted by molar-refractivity contribution is 5.92. The number of nitrogens with one attached hydrogen (secondary N) is 1. The molecule has 1 amide bonds. The van der Waals surface area contributed by atoms with Crippen LogP contribution in [-0.4, -0.2) is 42.9 Å². The molecule has 0 aliphatic heterocycles. The Kier molecular flexibility index (Phi) is 7.81. The third kappa shape index (κ3) is 6.42. The van der Waals surface area contributed by atoms with E-state index in [2.05, 4.69) is 16.1 Å². The number of rotatable bonds is 9. The van der Waals surface area contributed by atoms with Gasteiger partial charge in [0.2, 0.25) is 5.92 Å². The van der Waals surface area contributed by atoms with Gasteiger partial charge in [0.05, 0.1) is 6.61 Å². The second-order valence-corrected chi connectivity index (χ2v) is 5.21. The SMILES string of the molecule is C=C(C)C(=O)OC(OCCC(C)(F)F)(C(=O)NCCC)C(F)(F)F.